The molecule has 0 amide bonds. The van der Waals surface area contributed by atoms with Gasteiger partial charge in [0.15, 0.2) is 5.60 Å². The second-order valence-electron chi connectivity index (χ2n) is 5.74. The highest BCUT2D eigenvalue weighted by Crippen LogP contribution is 2.53. The van der Waals surface area contributed by atoms with Crippen LogP contribution in [-0.4, -0.2) is 16.2 Å². The van der Waals surface area contributed by atoms with E-state index in [1.54, 1.807) is 31.2 Å². The Balaban J connectivity index is 2.53. The molecule has 0 spiro atoms. The van der Waals surface area contributed by atoms with Crippen molar-refractivity contribution >= 4 is 5.97 Å². The van der Waals surface area contributed by atoms with Crippen LogP contribution in [0.4, 0.5) is 0 Å². The number of nitrogens with zero attached hydrogens (tertiary/aromatic N) is 1. The average Bonchev–Trinajstić information content (AvgIpc) is 2.51. The standard InChI is InChI=1S/C19H19NO3/c1-2-15(13-17(21)22)9-12-19(23,16-7-4-3-5-8-16)18(14-20)10-6-11-18/h3-5,7-8,13,23H,2,6,10-11H2,1H3,(H,21,22)/b15-13-/t19-/m1/s1. The lowest BCUT2D eigenvalue weighted by Gasteiger charge is -2.45. The maximum Gasteiger partial charge on any atom is 0.329 e. The van der Waals surface area contributed by atoms with Gasteiger partial charge in [-0.05, 0) is 31.2 Å². The van der Waals surface area contributed by atoms with E-state index in [0.717, 1.165) is 12.5 Å². The van der Waals surface area contributed by atoms with Gasteiger partial charge in [-0.1, -0.05) is 49.1 Å². The maximum absolute atomic E-state index is 11.3. The van der Waals surface area contributed by atoms with Crippen LogP contribution in [0, 0.1) is 28.6 Å². The third-order valence-corrected chi connectivity index (χ3v) is 4.39. The molecule has 1 aromatic rings. The van der Waals surface area contributed by atoms with Gasteiger partial charge in [-0.3, -0.25) is 0 Å². The van der Waals surface area contributed by atoms with Crippen molar-refractivity contribution in [2.24, 2.45) is 5.41 Å². The van der Waals surface area contributed by atoms with E-state index in [1.807, 2.05) is 6.07 Å². The lowest BCUT2D eigenvalue weighted by Crippen LogP contribution is -2.48. The molecule has 1 aromatic carbocycles. The van der Waals surface area contributed by atoms with Gasteiger partial charge in [-0.15, -0.1) is 0 Å². The summed E-state index contributed by atoms with van der Waals surface area (Å²) in [5.74, 6) is 4.52. The number of hydrogen-bond acceptors (Lipinski definition) is 3. The molecule has 2 N–H and O–H groups in total. The highest BCUT2D eigenvalue weighted by molar-refractivity contribution is 5.81. The molecule has 1 atom stereocenters. The van der Waals surface area contributed by atoms with E-state index in [9.17, 15) is 15.2 Å². The van der Waals surface area contributed by atoms with Crippen molar-refractivity contribution in [3.63, 3.8) is 0 Å². The summed E-state index contributed by atoms with van der Waals surface area (Å²) in [6.45, 7) is 1.80. The lowest BCUT2D eigenvalue weighted by molar-refractivity contribution is -0.131. The first kappa shape index (κ1) is 16.8. The summed E-state index contributed by atoms with van der Waals surface area (Å²) < 4.78 is 0. The number of hydrogen-bond donors (Lipinski definition) is 2. The molecule has 4 heteroatoms. The lowest BCUT2D eigenvalue weighted by atomic mass is 9.57. The number of carboxylic acids is 1. The Morgan fingerprint density at radius 1 is 1.39 bits per heavy atom. The quantitative estimate of drug-likeness (QED) is 0.662. The fraction of sp³-hybridized carbons (Fsp3) is 0.368. The van der Waals surface area contributed by atoms with E-state index in [0.29, 0.717) is 30.4 Å². The zero-order valence-electron chi connectivity index (χ0n) is 13.0. The van der Waals surface area contributed by atoms with E-state index in [2.05, 4.69) is 17.9 Å². The zero-order chi connectivity index (χ0) is 16.9. The van der Waals surface area contributed by atoms with Gasteiger partial charge < -0.3 is 10.2 Å². The molecular formula is C19H19NO3. The predicted octanol–water partition coefficient (Wildman–Crippen LogP) is 2.99. The number of carbonyl (C=O) groups is 1. The van der Waals surface area contributed by atoms with Crippen LogP contribution in [0.1, 0.15) is 38.2 Å². The molecule has 118 valence electrons. The van der Waals surface area contributed by atoms with Crippen LogP contribution in [-0.2, 0) is 10.4 Å². The molecule has 23 heavy (non-hydrogen) atoms. The summed E-state index contributed by atoms with van der Waals surface area (Å²) >= 11 is 0. The fourth-order valence-electron chi connectivity index (χ4n) is 2.78. The third-order valence-electron chi connectivity index (χ3n) is 4.39. The first-order valence-electron chi connectivity index (χ1n) is 7.63. The molecule has 0 bridgehead atoms. The highest BCUT2D eigenvalue weighted by atomic mass is 16.4. The number of aliphatic hydroxyl groups is 1. The van der Waals surface area contributed by atoms with Crippen LogP contribution in [0.15, 0.2) is 42.0 Å². The Morgan fingerprint density at radius 3 is 2.48 bits per heavy atom. The number of nitriles is 1. The monoisotopic (exact) mass is 309 g/mol. The van der Waals surface area contributed by atoms with Crippen molar-refractivity contribution in [1.82, 2.24) is 0 Å². The first-order valence-corrected chi connectivity index (χ1v) is 7.63. The number of allylic oxidation sites excluding steroid dienone is 1. The van der Waals surface area contributed by atoms with Crippen molar-refractivity contribution < 1.29 is 15.0 Å². The fourth-order valence-corrected chi connectivity index (χ4v) is 2.78. The summed E-state index contributed by atoms with van der Waals surface area (Å²) in [6, 6.07) is 11.2. The largest absolute Gasteiger partial charge is 0.478 e. The van der Waals surface area contributed by atoms with E-state index < -0.39 is 17.0 Å². The molecule has 0 heterocycles. The average molecular weight is 309 g/mol. The van der Waals surface area contributed by atoms with E-state index in [-0.39, 0.29) is 0 Å². The molecule has 2 rings (SSSR count). The molecule has 0 aromatic heterocycles. The van der Waals surface area contributed by atoms with E-state index >= 15 is 0 Å². The predicted molar refractivity (Wildman–Crippen MR) is 86.0 cm³/mol. The Morgan fingerprint density at radius 2 is 2.04 bits per heavy atom. The minimum atomic E-state index is -1.60. The first-order chi connectivity index (χ1) is 11.0. The van der Waals surface area contributed by atoms with Crippen LogP contribution in [0.5, 0.6) is 0 Å². The molecule has 4 nitrogen and oxygen atoms in total. The molecule has 0 unspecified atom stereocenters. The van der Waals surface area contributed by atoms with Crippen LogP contribution < -0.4 is 0 Å². The summed E-state index contributed by atoms with van der Waals surface area (Å²) in [6.07, 6.45) is 3.51. The van der Waals surface area contributed by atoms with Crippen LogP contribution in [0.3, 0.4) is 0 Å². The molecule has 0 aliphatic heterocycles. The normalized spacial score (nSPS) is 18.6. The van der Waals surface area contributed by atoms with Gasteiger partial charge in [0, 0.05) is 11.6 Å². The van der Waals surface area contributed by atoms with Crippen molar-refractivity contribution in [3.8, 4) is 17.9 Å². The summed E-state index contributed by atoms with van der Waals surface area (Å²) in [5.41, 5.74) is -1.56. The van der Waals surface area contributed by atoms with Crippen molar-refractivity contribution in [2.45, 2.75) is 38.2 Å². The van der Waals surface area contributed by atoms with Crippen LogP contribution in [0.25, 0.3) is 0 Å². The van der Waals surface area contributed by atoms with Gasteiger partial charge in [0.25, 0.3) is 0 Å². The van der Waals surface area contributed by atoms with E-state index in [1.165, 1.54) is 0 Å². The molecule has 1 aliphatic carbocycles. The van der Waals surface area contributed by atoms with Gasteiger partial charge in [-0.2, -0.15) is 5.26 Å². The second-order valence-corrected chi connectivity index (χ2v) is 5.74. The Labute approximate surface area is 136 Å². The molecule has 1 saturated carbocycles. The maximum atomic E-state index is 11.3. The number of aliphatic carboxylic acids is 1. The van der Waals surface area contributed by atoms with Crippen LogP contribution in [0.2, 0.25) is 0 Å². The molecule has 0 saturated heterocycles. The summed E-state index contributed by atoms with van der Waals surface area (Å²) in [4.78, 5) is 10.8. The smallest absolute Gasteiger partial charge is 0.329 e. The summed E-state index contributed by atoms with van der Waals surface area (Å²) in [5, 5.41) is 29.7. The van der Waals surface area contributed by atoms with Gasteiger partial charge in [0.05, 0.1) is 6.07 Å². The molecule has 1 aliphatic rings. The van der Waals surface area contributed by atoms with Crippen molar-refractivity contribution in [3.05, 3.63) is 47.5 Å². The van der Waals surface area contributed by atoms with Gasteiger partial charge in [0.2, 0.25) is 0 Å². The Kier molecular flexibility index (Phi) is 4.89. The minimum absolute atomic E-state index is 0.416. The van der Waals surface area contributed by atoms with Crippen molar-refractivity contribution in [2.75, 3.05) is 0 Å². The van der Waals surface area contributed by atoms with Crippen molar-refractivity contribution in [1.29, 1.82) is 5.26 Å². The second kappa shape index (κ2) is 6.69. The SMILES string of the molecule is CC/C(C#C[C@@](O)(c1ccccc1)C1(C#N)CCC1)=C/C(=O)O. The Hall–Kier alpha value is -2.56. The van der Waals surface area contributed by atoms with Gasteiger partial charge in [-0.25, -0.2) is 4.79 Å². The number of carboxylic acid groups (broad SMARTS) is 1. The van der Waals surface area contributed by atoms with Gasteiger partial charge >= 0.3 is 5.97 Å². The van der Waals surface area contributed by atoms with E-state index in [4.69, 9.17) is 5.11 Å². The van der Waals surface area contributed by atoms with Crippen LogP contribution >= 0.6 is 0 Å². The molecule has 1 fully saturated rings. The topological polar surface area (TPSA) is 81.3 Å². The van der Waals surface area contributed by atoms with Gasteiger partial charge in [0.1, 0.15) is 5.41 Å². The summed E-state index contributed by atoms with van der Waals surface area (Å²) in [7, 11) is 0. The Bertz CT molecular complexity index is 714. The molecule has 0 radical (unpaired) electrons. The number of benzene rings is 1. The highest BCUT2D eigenvalue weighted by Gasteiger charge is 2.55. The molecular weight excluding hydrogens is 290 g/mol. The number of rotatable bonds is 4. The zero-order valence-corrected chi connectivity index (χ0v) is 13.0. The minimum Gasteiger partial charge on any atom is -0.478 e. The third kappa shape index (κ3) is 3.13.